The lowest BCUT2D eigenvalue weighted by Gasteiger charge is -2.11. The lowest BCUT2D eigenvalue weighted by molar-refractivity contribution is -0.0753. The zero-order chi connectivity index (χ0) is 14.0. The van der Waals surface area contributed by atoms with Crippen LogP contribution < -0.4 is 9.47 Å². The maximum absolute atomic E-state index is 12.0. The molecular formula is C13H15NO4S. The van der Waals surface area contributed by atoms with Gasteiger partial charge >= 0.3 is 0 Å². The van der Waals surface area contributed by atoms with Crippen molar-refractivity contribution in [2.24, 2.45) is 0 Å². The van der Waals surface area contributed by atoms with Crippen LogP contribution in [0.3, 0.4) is 0 Å². The number of hydrogen-bond donors (Lipinski definition) is 0. The van der Waals surface area contributed by atoms with Gasteiger partial charge in [-0.25, -0.2) is 5.06 Å². The van der Waals surface area contributed by atoms with Gasteiger partial charge < -0.3 is 9.47 Å². The second kappa shape index (κ2) is 5.46. The van der Waals surface area contributed by atoms with Crippen LogP contribution in [0.25, 0.3) is 10.1 Å². The maximum atomic E-state index is 12.0. The summed E-state index contributed by atoms with van der Waals surface area (Å²) in [6, 6.07) is 5.54. The Balaban J connectivity index is 2.48. The zero-order valence-corrected chi connectivity index (χ0v) is 12.0. The Kier molecular flexibility index (Phi) is 3.92. The van der Waals surface area contributed by atoms with E-state index in [2.05, 4.69) is 0 Å². The number of fused-ring (bicyclic) bond motifs is 1. The number of nitrogens with zero attached hydrogens (tertiary/aromatic N) is 1. The van der Waals surface area contributed by atoms with E-state index in [1.54, 1.807) is 21.3 Å². The minimum atomic E-state index is -0.179. The number of amides is 1. The first-order valence-corrected chi connectivity index (χ1v) is 6.40. The van der Waals surface area contributed by atoms with E-state index in [0.29, 0.717) is 16.4 Å². The molecule has 0 fully saturated rings. The summed E-state index contributed by atoms with van der Waals surface area (Å²) in [6.07, 6.45) is 0. The second-order valence-electron chi connectivity index (χ2n) is 3.84. The molecule has 1 amide bonds. The van der Waals surface area contributed by atoms with Gasteiger partial charge in [0.1, 0.15) is 0 Å². The molecule has 0 unspecified atom stereocenters. The van der Waals surface area contributed by atoms with Crippen molar-refractivity contribution < 1.29 is 19.1 Å². The fourth-order valence-corrected chi connectivity index (χ4v) is 2.75. The van der Waals surface area contributed by atoms with Crippen molar-refractivity contribution in [2.45, 2.75) is 0 Å². The van der Waals surface area contributed by atoms with E-state index in [1.165, 1.54) is 23.5 Å². The molecule has 5 nitrogen and oxygen atoms in total. The molecule has 0 saturated carbocycles. The molecule has 0 aliphatic carbocycles. The van der Waals surface area contributed by atoms with Crippen molar-refractivity contribution in [1.29, 1.82) is 0 Å². The molecular weight excluding hydrogens is 266 g/mol. The number of hydrogen-bond acceptors (Lipinski definition) is 5. The predicted molar refractivity (Wildman–Crippen MR) is 74.0 cm³/mol. The molecule has 1 heterocycles. The quantitative estimate of drug-likeness (QED) is 0.808. The van der Waals surface area contributed by atoms with Gasteiger partial charge in [-0.3, -0.25) is 9.63 Å². The molecule has 0 aliphatic heterocycles. The van der Waals surface area contributed by atoms with Gasteiger partial charge in [0.25, 0.3) is 5.91 Å². The third-order valence-corrected chi connectivity index (χ3v) is 3.88. The molecule has 0 bridgehead atoms. The van der Waals surface area contributed by atoms with E-state index < -0.39 is 0 Å². The summed E-state index contributed by atoms with van der Waals surface area (Å²) in [7, 11) is 6.20. The summed E-state index contributed by atoms with van der Waals surface area (Å²) in [6.45, 7) is 0. The lowest BCUT2D eigenvalue weighted by atomic mass is 10.2. The Morgan fingerprint density at radius 2 is 1.74 bits per heavy atom. The molecule has 2 aromatic rings. The topological polar surface area (TPSA) is 48.0 Å². The van der Waals surface area contributed by atoms with Crippen LogP contribution in [0.2, 0.25) is 0 Å². The van der Waals surface area contributed by atoms with E-state index in [-0.39, 0.29) is 5.91 Å². The van der Waals surface area contributed by atoms with Crippen LogP contribution in [0.15, 0.2) is 18.2 Å². The Morgan fingerprint density at radius 1 is 1.11 bits per heavy atom. The largest absolute Gasteiger partial charge is 0.493 e. The maximum Gasteiger partial charge on any atom is 0.287 e. The summed E-state index contributed by atoms with van der Waals surface area (Å²) in [5, 5.41) is 2.13. The second-order valence-corrected chi connectivity index (χ2v) is 4.92. The number of ether oxygens (including phenoxy) is 2. The average Bonchev–Trinajstić information content (AvgIpc) is 2.86. The van der Waals surface area contributed by atoms with Crippen molar-refractivity contribution in [3.05, 3.63) is 23.1 Å². The molecule has 1 aromatic heterocycles. The standard InChI is InChI=1S/C13H15NO4S/c1-14(18-4)13(15)12-6-8-5-9(16-2)10(17-3)7-11(8)19-12/h5-7H,1-4H3. The molecule has 6 heteroatoms. The molecule has 1 aromatic carbocycles. The van der Waals surface area contributed by atoms with Crippen LogP contribution in [0.5, 0.6) is 11.5 Å². The Labute approximate surface area is 115 Å². The van der Waals surface area contributed by atoms with Crippen molar-refractivity contribution in [1.82, 2.24) is 5.06 Å². The number of rotatable bonds is 4. The van der Waals surface area contributed by atoms with Gasteiger partial charge in [-0.05, 0) is 17.5 Å². The van der Waals surface area contributed by atoms with Crippen LogP contribution in [-0.2, 0) is 4.84 Å². The molecule has 0 radical (unpaired) electrons. The van der Waals surface area contributed by atoms with Crippen LogP contribution >= 0.6 is 11.3 Å². The molecule has 19 heavy (non-hydrogen) atoms. The summed E-state index contributed by atoms with van der Waals surface area (Å²) in [5.41, 5.74) is 0. The van der Waals surface area contributed by atoms with E-state index in [0.717, 1.165) is 10.1 Å². The van der Waals surface area contributed by atoms with Gasteiger partial charge in [0.2, 0.25) is 0 Å². The minimum absolute atomic E-state index is 0.179. The monoisotopic (exact) mass is 281 g/mol. The molecule has 0 aliphatic rings. The SMILES string of the molecule is COc1cc2cc(C(=O)N(C)OC)sc2cc1OC. The molecule has 0 spiro atoms. The van der Waals surface area contributed by atoms with Crippen LogP contribution in [0.4, 0.5) is 0 Å². The van der Waals surface area contributed by atoms with E-state index in [9.17, 15) is 4.79 Å². The molecule has 102 valence electrons. The molecule has 2 rings (SSSR count). The molecule has 0 atom stereocenters. The summed E-state index contributed by atoms with van der Waals surface area (Å²) in [5.74, 6) is 1.12. The smallest absolute Gasteiger partial charge is 0.287 e. The van der Waals surface area contributed by atoms with Gasteiger partial charge in [0, 0.05) is 17.8 Å². The number of hydroxylamine groups is 2. The first kappa shape index (κ1) is 13.6. The van der Waals surface area contributed by atoms with Gasteiger partial charge in [-0.1, -0.05) is 0 Å². The highest BCUT2D eigenvalue weighted by Gasteiger charge is 2.16. The summed E-state index contributed by atoms with van der Waals surface area (Å²) < 4.78 is 11.5. The van der Waals surface area contributed by atoms with Crippen molar-refractivity contribution in [3.63, 3.8) is 0 Å². The highest BCUT2D eigenvalue weighted by atomic mass is 32.1. The van der Waals surface area contributed by atoms with Gasteiger partial charge in [0.05, 0.1) is 26.2 Å². The molecule has 0 saturated heterocycles. The highest BCUT2D eigenvalue weighted by Crippen LogP contribution is 2.36. The zero-order valence-electron chi connectivity index (χ0n) is 11.2. The fourth-order valence-electron chi connectivity index (χ4n) is 1.71. The fraction of sp³-hybridized carbons (Fsp3) is 0.308. The Hall–Kier alpha value is -1.79. The number of methoxy groups -OCH3 is 2. The molecule has 0 N–H and O–H groups in total. The number of carbonyl (C=O) groups excluding carboxylic acids is 1. The minimum Gasteiger partial charge on any atom is -0.493 e. The van der Waals surface area contributed by atoms with E-state index in [1.807, 2.05) is 18.2 Å². The number of thiophene rings is 1. The van der Waals surface area contributed by atoms with Gasteiger partial charge in [-0.2, -0.15) is 0 Å². The van der Waals surface area contributed by atoms with Crippen LogP contribution in [0, 0.1) is 0 Å². The third-order valence-electron chi connectivity index (χ3n) is 2.79. The Bertz CT molecular complexity index is 567. The predicted octanol–water partition coefficient (Wildman–Crippen LogP) is 2.55. The van der Waals surface area contributed by atoms with Crippen LogP contribution in [0.1, 0.15) is 9.67 Å². The lowest BCUT2D eigenvalue weighted by Crippen LogP contribution is -2.24. The Morgan fingerprint density at radius 3 is 2.32 bits per heavy atom. The van der Waals surface area contributed by atoms with Crippen LogP contribution in [-0.4, -0.2) is 39.3 Å². The van der Waals surface area contributed by atoms with E-state index in [4.69, 9.17) is 14.3 Å². The van der Waals surface area contributed by atoms with Crippen molar-refractivity contribution in [3.8, 4) is 11.5 Å². The highest BCUT2D eigenvalue weighted by molar-refractivity contribution is 7.20. The summed E-state index contributed by atoms with van der Waals surface area (Å²) >= 11 is 1.39. The van der Waals surface area contributed by atoms with Crippen molar-refractivity contribution >= 4 is 27.3 Å². The van der Waals surface area contributed by atoms with Gasteiger partial charge in [-0.15, -0.1) is 11.3 Å². The summed E-state index contributed by atoms with van der Waals surface area (Å²) in [4.78, 5) is 17.5. The normalized spacial score (nSPS) is 10.5. The first-order chi connectivity index (χ1) is 9.10. The average molecular weight is 281 g/mol. The van der Waals surface area contributed by atoms with Gasteiger partial charge in [0.15, 0.2) is 11.5 Å². The first-order valence-electron chi connectivity index (χ1n) is 5.58. The number of carbonyl (C=O) groups is 1. The van der Waals surface area contributed by atoms with Crippen molar-refractivity contribution in [2.75, 3.05) is 28.4 Å². The number of benzene rings is 1. The third kappa shape index (κ3) is 2.50. The van der Waals surface area contributed by atoms with E-state index >= 15 is 0 Å².